The summed E-state index contributed by atoms with van der Waals surface area (Å²) >= 11 is 1.65. The number of ether oxygens (including phenoxy) is 1. The number of thiazole rings is 1. The summed E-state index contributed by atoms with van der Waals surface area (Å²) in [6, 6.07) is 8.22. The van der Waals surface area contributed by atoms with Gasteiger partial charge in [0.05, 0.1) is 17.2 Å². The van der Waals surface area contributed by atoms with Crippen molar-refractivity contribution in [3.05, 3.63) is 57.6 Å². The first-order valence-corrected chi connectivity index (χ1v) is 10.4. The van der Waals surface area contributed by atoms with E-state index in [4.69, 9.17) is 4.74 Å². The van der Waals surface area contributed by atoms with E-state index in [9.17, 15) is 0 Å². The Balaban J connectivity index is 0.00000225. The Kier molecular flexibility index (Phi) is 7.42. The Hall–Kier alpha value is -1.96. The minimum Gasteiger partial charge on any atom is -0.487 e. The van der Waals surface area contributed by atoms with Crippen molar-refractivity contribution in [2.75, 3.05) is 0 Å². The maximum Gasteiger partial charge on any atom is 0.147 e. The molecule has 0 spiro atoms. The number of aryl methyl sites for hydroxylation is 2. The minimum atomic E-state index is 0. The smallest absolute Gasteiger partial charge is 0.147 e. The van der Waals surface area contributed by atoms with Gasteiger partial charge in [-0.25, -0.2) is 4.98 Å². The van der Waals surface area contributed by atoms with E-state index in [1.165, 1.54) is 24.8 Å². The molecule has 1 aliphatic heterocycles. The van der Waals surface area contributed by atoms with Crippen LogP contribution in [0.1, 0.15) is 47.2 Å². The van der Waals surface area contributed by atoms with Gasteiger partial charge in [0.25, 0.3) is 0 Å². The molecule has 4 rings (SSSR count). The molecule has 0 unspecified atom stereocenters. The van der Waals surface area contributed by atoms with Gasteiger partial charge in [-0.05, 0) is 37.5 Å². The number of rotatable bonds is 7. The minimum absolute atomic E-state index is 0. The van der Waals surface area contributed by atoms with Gasteiger partial charge in [-0.1, -0.05) is 18.6 Å². The second-order valence-corrected chi connectivity index (χ2v) is 7.95. The Morgan fingerprint density at radius 2 is 1.96 bits per heavy atom. The quantitative estimate of drug-likeness (QED) is 0.625. The van der Waals surface area contributed by atoms with Crippen LogP contribution >= 0.6 is 23.7 Å². The summed E-state index contributed by atoms with van der Waals surface area (Å²) in [6.45, 7) is 5.11. The molecule has 1 N–H and O–H groups in total. The second kappa shape index (κ2) is 10.0. The maximum absolute atomic E-state index is 5.80. The first-order valence-electron chi connectivity index (χ1n) is 9.52. The Bertz CT molecular complexity index is 877. The Morgan fingerprint density at radius 1 is 1.11 bits per heavy atom. The molecular weight excluding hydrogens is 394 g/mol. The highest BCUT2D eigenvalue weighted by Gasteiger charge is 2.14. The van der Waals surface area contributed by atoms with E-state index < -0.39 is 0 Å². The molecule has 0 fully saturated rings. The normalized spacial score (nSPS) is 13.5. The summed E-state index contributed by atoms with van der Waals surface area (Å²) in [7, 11) is 0. The van der Waals surface area contributed by atoms with Crippen LogP contribution in [0.4, 0.5) is 0 Å². The maximum atomic E-state index is 5.80. The zero-order valence-electron chi connectivity index (χ0n) is 16.1. The molecule has 1 aliphatic rings. The molecule has 0 amide bonds. The predicted octanol–water partition coefficient (Wildman–Crippen LogP) is 4.06. The van der Waals surface area contributed by atoms with E-state index in [1.54, 1.807) is 11.3 Å². The van der Waals surface area contributed by atoms with Gasteiger partial charge >= 0.3 is 0 Å². The van der Waals surface area contributed by atoms with E-state index in [2.05, 4.69) is 37.2 Å². The fourth-order valence-electron chi connectivity index (χ4n) is 3.33. The third-order valence-corrected chi connectivity index (χ3v) is 5.60. The number of hydrogen-bond acceptors (Lipinski definition) is 6. The molecule has 2 aromatic heterocycles. The van der Waals surface area contributed by atoms with Crippen molar-refractivity contribution >= 4 is 23.7 Å². The molecule has 0 atom stereocenters. The summed E-state index contributed by atoms with van der Waals surface area (Å²) in [5.41, 5.74) is 2.21. The fraction of sp³-hybridized carbons (Fsp3) is 0.450. The summed E-state index contributed by atoms with van der Waals surface area (Å²) in [5, 5.41) is 15.3. The van der Waals surface area contributed by atoms with Crippen LogP contribution in [0.15, 0.2) is 29.6 Å². The molecule has 28 heavy (non-hydrogen) atoms. The van der Waals surface area contributed by atoms with Gasteiger partial charge in [0.2, 0.25) is 0 Å². The van der Waals surface area contributed by atoms with Gasteiger partial charge in [-0.2, -0.15) is 0 Å². The molecule has 0 saturated heterocycles. The van der Waals surface area contributed by atoms with Crippen LogP contribution in [0.5, 0.6) is 5.75 Å². The summed E-state index contributed by atoms with van der Waals surface area (Å²) in [6.07, 6.45) is 4.78. The number of nitrogens with one attached hydrogen (secondary N) is 1. The number of aromatic nitrogens is 4. The number of nitrogens with zero attached hydrogens (tertiary/aromatic N) is 4. The van der Waals surface area contributed by atoms with Crippen LogP contribution in [0.25, 0.3) is 0 Å². The molecule has 0 aliphatic carbocycles. The summed E-state index contributed by atoms with van der Waals surface area (Å²) < 4.78 is 8.09. The van der Waals surface area contributed by atoms with Crippen LogP contribution in [0.3, 0.4) is 0 Å². The van der Waals surface area contributed by atoms with Crippen LogP contribution in [-0.4, -0.2) is 19.7 Å². The predicted molar refractivity (Wildman–Crippen MR) is 113 cm³/mol. The summed E-state index contributed by atoms with van der Waals surface area (Å²) in [5.74, 6) is 3.05. The van der Waals surface area contributed by atoms with Gasteiger partial charge in [-0.3, -0.25) is 0 Å². The lowest BCUT2D eigenvalue weighted by atomic mass is 10.2. The highest BCUT2D eigenvalue weighted by atomic mass is 35.5. The number of benzene rings is 1. The van der Waals surface area contributed by atoms with E-state index in [1.807, 2.05) is 24.4 Å². The topological polar surface area (TPSA) is 64.9 Å². The van der Waals surface area contributed by atoms with Crippen LogP contribution in [-0.2, 0) is 32.7 Å². The Labute approximate surface area is 175 Å². The molecule has 0 bridgehead atoms. The molecule has 6 nitrogen and oxygen atoms in total. The van der Waals surface area contributed by atoms with Crippen LogP contribution in [0.2, 0.25) is 0 Å². The van der Waals surface area contributed by atoms with Crippen molar-refractivity contribution in [1.82, 2.24) is 25.1 Å². The zero-order chi connectivity index (χ0) is 18.5. The lowest BCUT2D eigenvalue weighted by Crippen LogP contribution is -2.17. The first kappa shape index (κ1) is 20.8. The third kappa shape index (κ3) is 5.31. The van der Waals surface area contributed by atoms with Crippen molar-refractivity contribution < 1.29 is 4.74 Å². The van der Waals surface area contributed by atoms with Gasteiger partial charge in [0.15, 0.2) is 0 Å². The van der Waals surface area contributed by atoms with Crippen molar-refractivity contribution in [2.24, 2.45) is 0 Å². The van der Waals surface area contributed by atoms with E-state index >= 15 is 0 Å². The van der Waals surface area contributed by atoms with Crippen molar-refractivity contribution in [2.45, 2.75) is 58.8 Å². The van der Waals surface area contributed by atoms with Gasteiger partial charge in [-0.15, -0.1) is 33.9 Å². The molecular formula is C20H26ClN5OS. The second-order valence-electron chi connectivity index (χ2n) is 6.89. The molecule has 3 aromatic rings. The standard InChI is InChI=1S/C20H25N5OS.ClH/c1-15-22-17(14-27-15)13-26-18-8-6-16(7-9-18)11-21-12-20-24-23-19-5-3-2-4-10-25(19)20;/h6-9,14,21H,2-5,10-13H2,1H3;1H. The zero-order valence-corrected chi connectivity index (χ0v) is 17.7. The Morgan fingerprint density at radius 3 is 2.75 bits per heavy atom. The molecule has 150 valence electrons. The number of halogens is 1. The average Bonchev–Trinajstić information content (AvgIpc) is 3.19. The fourth-order valence-corrected chi connectivity index (χ4v) is 3.93. The van der Waals surface area contributed by atoms with Gasteiger partial charge in [0, 0.05) is 24.9 Å². The van der Waals surface area contributed by atoms with E-state index in [0.29, 0.717) is 6.61 Å². The highest BCUT2D eigenvalue weighted by molar-refractivity contribution is 7.09. The largest absolute Gasteiger partial charge is 0.487 e. The van der Waals surface area contributed by atoms with Crippen LogP contribution < -0.4 is 10.1 Å². The van der Waals surface area contributed by atoms with Crippen molar-refractivity contribution in [3.63, 3.8) is 0 Å². The van der Waals surface area contributed by atoms with E-state index in [-0.39, 0.29) is 12.4 Å². The van der Waals surface area contributed by atoms with Crippen molar-refractivity contribution in [3.8, 4) is 5.75 Å². The van der Waals surface area contributed by atoms with Gasteiger partial charge in [0.1, 0.15) is 24.0 Å². The first-order chi connectivity index (χ1) is 13.3. The van der Waals surface area contributed by atoms with E-state index in [0.717, 1.165) is 54.2 Å². The third-order valence-electron chi connectivity index (χ3n) is 4.77. The number of hydrogen-bond donors (Lipinski definition) is 1. The molecule has 0 saturated carbocycles. The summed E-state index contributed by atoms with van der Waals surface area (Å²) in [4.78, 5) is 4.42. The van der Waals surface area contributed by atoms with Crippen LogP contribution in [0, 0.1) is 6.92 Å². The monoisotopic (exact) mass is 419 g/mol. The molecule has 0 radical (unpaired) electrons. The van der Waals surface area contributed by atoms with Gasteiger partial charge < -0.3 is 14.6 Å². The molecule has 1 aromatic carbocycles. The van der Waals surface area contributed by atoms with Crippen molar-refractivity contribution in [1.29, 1.82) is 0 Å². The lowest BCUT2D eigenvalue weighted by Gasteiger charge is -2.09. The number of fused-ring (bicyclic) bond motifs is 1. The SMILES string of the molecule is Cc1nc(COc2ccc(CNCc3nnc4n3CCCCC4)cc2)cs1.Cl. The average molecular weight is 420 g/mol. The molecule has 8 heteroatoms. The lowest BCUT2D eigenvalue weighted by molar-refractivity contribution is 0.302. The highest BCUT2D eigenvalue weighted by Crippen LogP contribution is 2.16. The molecule has 3 heterocycles.